The van der Waals surface area contributed by atoms with E-state index in [2.05, 4.69) is 15.9 Å². The number of alkyl halides is 3. The maximum Gasteiger partial charge on any atom is 0.417 e. The highest BCUT2D eigenvalue weighted by Crippen LogP contribution is 2.62. The van der Waals surface area contributed by atoms with Crippen molar-refractivity contribution in [2.45, 2.75) is 56.7 Å². The van der Waals surface area contributed by atoms with Crippen LogP contribution in [0.2, 0.25) is 0 Å². The Balaban J connectivity index is 1.56. The second kappa shape index (κ2) is 7.04. The van der Waals surface area contributed by atoms with E-state index >= 15 is 0 Å². The quantitative estimate of drug-likeness (QED) is 0.454. The maximum atomic E-state index is 13.6. The van der Waals surface area contributed by atoms with Crippen LogP contribution in [-0.4, -0.2) is 0 Å². The molecule has 0 heterocycles. The third-order valence-electron chi connectivity index (χ3n) is 7.22. The summed E-state index contributed by atoms with van der Waals surface area (Å²) in [5, 5.41) is 0. The van der Waals surface area contributed by atoms with Gasteiger partial charge in [-0.05, 0) is 79.4 Å². The lowest BCUT2D eigenvalue weighted by Gasteiger charge is -2.57. The second-order valence-electron chi connectivity index (χ2n) is 9.30. The molecule has 0 unspecified atom stereocenters. The van der Waals surface area contributed by atoms with Gasteiger partial charge in [0.2, 0.25) is 0 Å². The van der Waals surface area contributed by atoms with Crippen molar-refractivity contribution in [1.29, 1.82) is 0 Å². The summed E-state index contributed by atoms with van der Waals surface area (Å²) in [5.41, 5.74) is 1.25. The standard InChI is InChI=1S/C24H24BrF3O/c25-21-9-20(23-11-16-6-17(12-23)8-18(7-16)13-23)22(10-19(21)24(26,27)28)29-14-15-4-2-1-3-5-15/h1-5,9-10,16-18H,6-8,11-14H2. The van der Waals surface area contributed by atoms with E-state index in [1.165, 1.54) is 25.3 Å². The highest BCUT2D eigenvalue weighted by molar-refractivity contribution is 9.10. The van der Waals surface area contributed by atoms with E-state index in [0.717, 1.165) is 30.4 Å². The lowest BCUT2D eigenvalue weighted by Crippen LogP contribution is -2.48. The van der Waals surface area contributed by atoms with Gasteiger partial charge in [-0.1, -0.05) is 46.3 Å². The molecule has 0 saturated heterocycles. The van der Waals surface area contributed by atoms with E-state index in [-0.39, 0.29) is 16.5 Å². The molecule has 0 amide bonds. The zero-order chi connectivity index (χ0) is 20.2. The average Bonchev–Trinajstić information content (AvgIpc) is 2.65. The number of benzene rings is 2. The first kappa shape index (κ1) is 19.5. The minimum Gasteiger partial charge on any atom is -0.489 e. The Labute approximate surface area is 177 Å². The van der Waals surface area contributed by atoms with E-state index in [0.29, 0.717) is 23.5 Å². The summed E-state index contributed by atoms with van der Waals surface area (Å²) in [7, 11) is 0. The molecule has 154 valence electrons. The van der Waals surface area contributed by atoms with Crippen LogP contribution in [0.4, 0.5) is 13.2 Å². The van der Waals surface area contributed by atoms with Crippen molar-refractivity contribution in [3.63, 3.8) is 0 Å². The molecule has 4 saturated carbocycles. The van der Waals surface area contributed by atoms with E-state index in [4.69, 9.17) is 4.74 Å². The molecule has 0 N–H and O–H groups in total. The number of rotatable bonds is 4. The monoisotopic (exact) mass is 464 g/mol. The topological polar surface area (TPSA) is 9.23 Å². The van der Waals surface area contributed by atoms with E-state index in [1.807, 2.05) is 30.3 Å². The summed E-state index contributed by atoms with van der Waals surface area (Å²) in [5.74, 6) is 2.55. The molecule has 0 radical (unpaired) electrons. The zero-order valence-electron chi connectivity index (χ0n) is 16.1. The number of hydrogen-bond donors (Lipinski definition) is 0. The molecule has 29 heavy (non-hydrogen) atoms. The molecule has 4 aliphatic rings. The van der Waals surface area contributed by atoms with Crippen LogP contribution < -0.4 is 4.74 Å². The molecule has 2 aromatic carbocycles. The maximum absolute atomic E-state index is 13.6. The Bertz CT molecular complexity index is 871. The number of hydrogen-bond acceptors (Lipinski definition) is 1. The molecule has 0 aliphatic heterocycles. The first-order chi connectivity index (χ1) is 13.8. The summed E-state index contributed by atoms with van der Waals surface area (Å²) in [4.78, 5) is 0. The summed E-state index contributed by atoms with van der Waals surface area (Å²) in [6, 6.07) is 12.6. The number of halogens is 4. The SMILES string of the molecule is FC(F)(F)c1cc(OCc2ccccc2)c(C23CC4CC(CC(C4)C2)C3)cc1Br. The van der Waals surface area contributed by atoms with Crippen molar-refractivity contribution in [2.24, 2.45) is 17.8 Å². The Hall–Kier alpha value is -1.49. The van der Waals surface area contributed by atoms with Crippen LogP contribution >= 0.6 is 15.9 Å². The molecular formula is C24H24BrF3O. The van der Waals surface area contributed by atoms with Gasteiger partial charge in [0.05, 0.1) is 5.56 Å². The van der Waals surface area contributed by atoms with E-state index in [9.17, 15) is 13.2 Å². The molecular weight excluding hydrogens is 441 g/mol. The highest BCUT2D eigenvalue weighted by Gasteiger charge is 2.53. The third-order valence-corrected chi connectivity index (χ3v) is 7.88. The molecule has 0 spiro atoms. The number of ether oxygens (including phenoxy) is 1. The van der Waals surface area contributed by atoms with Gasteiger partial charge in [0.25, 0.3) is 0 Å². The largest absolute Gasteiger partial charge is 0.489 e. The minimum atomic E-state index is -4.41. The predicted molar refractivity (Wildman–Crippen MR) is 110 cm³/mol. The van der Waals surface area contributed by atoms with Gasteiger partial charge in [-0.2, -0.15) is 13.2 Å². The fourth-order valence-electron chi connectivity index (χ4n) is 6.48. The molecule has 4 bridgehead atoms. The van der Waals surface area contributed by atoms with Crippen LogP contribution in [0.5, 0.6) is 5.75 Å². The van der Waals surface area contributed by atoms with Gasteiger partial charge in [0.15, 0.2) is 0 Å². The van der Waals surface area contributed by atoms with Crippen molar-refractivity contribution in [1.82, 2.24) is 0 Å². The van der Waals surface area contributed by atoms with Crippen molar-refractivity contribution in [3.05, 3.63) is 63.6 Å². The molecule has 1 nitrogen and oxygen atoms in total. The summed E-state index contributed by atoms with van der Waals surface area (Å²) < 4.78 is 47.0. The van der Waals surface area contributed by atoms with Crippen molar-refractivity contribution in [2.75, 3.05) is 0 Å². The van der Waals surface area contributed by atoms with Gasteiger partial charge in [-0.15, -0.1) is 0 Å². The molecule has 2 aromatic rings. The van der Waals surface area contributed by atoms with Crippen LogP contribution in [0.25, 0.3) is 0 Å². The van der Waals surface area contributed by atoms with E-state index in [1.54, 1.807) is 6.07 Å². The van der Waals surface area contributed by atoms with Crippen LogP contribution in [-0.2, 0) is 18.2 Å². The summed E-state index contributed by atoms with van der Waals surface area (Å²) >= 11 is 3.22. The van der Waals surface area contributed by atoms with Crippen LogP contribution in [0.15, 0.2) is 46.9 Å². The first-order valence-electron chi connectivity index (χ1n) is 10.4. The molecule has 5 heteroatoms. The van der Waals surface area contributed by atoms with Gasteiger partial charge in [-0.3, -0.25) is 0 Å². The molecule has 0 aromatic heterocycles. The average molecular weight is 465 g/mol. The first-order valence-corrected chi connectivity index (χ1v) is 11.2. The fraction of sp³-hybridized carbons (Fsp3) is 0.500. The zero-order valence-corrected chi connectivity index (χ0v) is 17.7. The molecule has 6 rings (SSSR count). The highest BCUT2D eigenvalue weighted by atomic mass is 79.9. The van der Waals surface area contributed by atoms with Gasteiger partial charge >= 0.3 is 6.18 Å². The summed E-state index contributed by atoms with van der Waals surface area (Å²) in [6.45, 7) is 0.277. The predicted octanol–water partition coefficient (Wildman–Crippen LogP) is 7.51. The Kier molecular flexibility index (Phi) is 4.73. The lowest BCUT2D eigenvalue weighted by atomic mass is 9.48. The lowest BCUT2D eigenvalue weighted by molar-refractivity contribution is -0.138. The van der Waals surface area contributed by atoms with Gasteiger partial charge < -0.3 is 4.74 Å². The molecule has 4 fully saturated rings. The van der Waals surface area contributed by atoms with Crippen LogP contribution in [0.1, 0.15) is 55.2 Å². The molecule has 4 aliphatic carbocycles. The van der Waals surface area contributed by atoms with Crippen LogP contribution in [0, 0.1) is 17.8 Å². The van der Waals surface area contributed by atoms with Crippen molar-refractivity contribution < 1.29 is 17.9 Å². The normalized spacial score (nSPS) is 30.6. The van der Waals surface area contributed by atoms with Crippen molar-refractivity contribution in [3.8, 4) is 5.75 Å². The van der Waals surface area contributed by atoms with Crippen LogP contribution in [0.3, 0.4) is 0 Å². The minimum absolute atomic E-state index is 0.0343. The fourth-order valence-corrected chi connectivity index (χ4v) is 7.05. The Morgan fingerprint density at radius 3 is 2.07 bits per heavy atom. The van der Waals surface area contributed by atoms with E-state index < -0.39 is 11.7 Å². The second-order valence-corrected chi connectivity index (χ2v) is 10.2. The Morgan fingerprint density at radius 1 is 0.931 bits per heavy atom. The third kappa shape index (κ3) is 3.60. The van der Waals surface area contributed by atoms with Gasteiger partial charge in [0.1, 0.15) is 12.4 Å². The molecule has 0 atom stereocenters. The Morgan fingerprint density at radius 2 is 1.52 bits per heavy atom. The van der Waals surface area contributed by atoms with Crippen molar-refractivity contribution >= 4 is 15.9 Å². The summed E-state index contributed by atoms with van der Waals surface area (Å²) in [6.07, 6.45) is 2.71. The smallest absolute Gasteiger partial charge is 0.417 e. The van der Waals surface area contributed by atoms with Gasteiger partial charge in [0, 0.05) is 10.0 Å². The van der Waals surface area contributed by atoms with Gasteiger partial charge in [-0.25, -0.2) is 0 Å².